The van der Waals surface area contributed by atoms with E-state index >= 15 is 0 Å². The zero-order valence-corrected chi connectivity index (χ0v) is 13.9. The summed E-state index contributed by atoms with van der Waals surface area (Å²) in [5, 5.41) is 0.637. The van der Waals surface area contributed by atoms with Crippen LogP contribution in [0.4, 0.5) is 5.69 Å². The number of hydrogen-bond donors (Lipinski definition) is 0. The van der Waals surface area contributed by atoms with Crippen molar-refractivity contribution in [2.45, 2.75) is 58.1 Å². The minimum absolute atomic E-state index is 0.517. The predicted molar refractivity (Wildman–Crippen MR) is 90.4 cm³/mol. The van der Waals surface area contributed by atoms with Crippen LogP contribution >= 0.6 is 11.8 Å². The van der Waals surface area contributed by atoms with Crippen LogP contribution in [0.5, 0.6) is 0 Å². The summed E-state index contributed by atoms with van der Waals surface area (Å²) in [6.07, 6.45) is 5.28. The summed E-state index contributed by atoms with van der Waals surface area (Å²) in [5.41, 5.74) is 3.92. The van der Waals surface area contributed by atoms with Gasteiger partial charge in [0.25, 0.3) is 0 Å². The summed E-state index contributed by atoms with van der Waals surface area (Å²) in [5.74, 6) is 1.03. The lowest BCUT2D eigenvalue weighted by Crippen LogP contribution is -1.97. The van der Waals surface area contributed by atoms with Crippen molar-refractivity contribution in [2.24, 2.45) is 4.99 Å². The largest absolute Gasteiger partial charge is 0.261 e. The molecule has 0 fully saturated rings. The zero-order valence-electron chi connectivity index (χ0n) is 13.1. The van der Waals surface area contributed by atoms with E-state index in [0.29, 0.717) is 17.1 Å². The predicted octanol–water partition coefficient (Wildman–Crippen LogP) is 5.78. The Hall–Kier alpha value is -0.760. The van der Waals surface area contributed by atoms with Gasteiger partial charge in [0, 0.05) is 11.5 Å². The average Bonchev–Trinajstić information content (AvgIpc) is 2.37. The highest BCUT2D eigenvalue weighted by molar-refractivity contribution is 7.99. The van der Waals surface area contributed by atoms with Crippen molar-refractivity contribution in [2.75, 3.05) is 6.26 Å². The van der Waals surface area contributed by atoms with Gasteiger partial charge < -0.3 is 0 Å². The first-order valence-corrected chi connectivity index (χ1v) is 8.44. The Morgan fingerprint density at radius 3 is 2.00 bits per heavy atom. The number of aliphatic imine (C=N–C) groups is 1. The van der Waals surface area contributed by atoms with Crippen molar-refractivity contribution in [3.8, 4) is 0 Å². The van der Waals surface area contributed by atoms with Crippen LogP contribution in [-0.2, 0) is 0 Å². The van der Waals surface area contributed by atoms with Crippen LogP contribution in [0.2, 0.25) is 0 Å². The van der Waals surface area contributed by atoms with E-state index in [-0.39, 0.29) is 0 Å². The minimum atomic E-state index is 0.517. The number of nitrogens with zero attached hydrogens (tertiary/aromatic N) is 1. The van der Waals surface area contributed by atoms with Gasteiger partial charge in [-0.2, -0.15) is 11.8 Å². The first kappa shape index (κ1) is 16.3. The number of para-hydroxylation sites is 1. The Balaban J connectivity index is 3.07. The molecule has 0 amide bonds. The first-order chi connectivity index (χ1) is 8.97. The molecule has 1 aromatic carbocycles. The van der Waals surface area contributed by atoms with Gasteiger partial charge >= 0.3 is 0 Å². The standard InChI is InChI=1S/C17H27NS/c1-12(2)15-8-7-9-16(13(3)4)17(15)18-11-10-14(5)19-6/h7-9,11-14H,10H2,1-6H3. The quantitative estimate of drug-likeness (QED) is 0.601. The van der Waals surface area contributed by atoms with E-state index in [4.69, 9.17) is 4.99 Å². The molecular weight excluding hydrogens is 250 g/mol. The monoisotopic (exact) mass is 277 g/mol. The Kier molecular flexibility index (Phi) is 6.64. The highest BCUT2D eigenvalue weighted by atomic mass is 32.2. The summed E-state index contributed by atoms with van der Waals surface area (Å²) in [6, 6.07) is 6.58. The molecule has 0 aliphatic rings. The Labute approximate surface area is 122 Å². The van der Waals surface area contributed by atoms with Gasteiger partial charge in [0.2, 0.25) is 0 Å². The second-order valence-corrected chi connectivity index (χ2v) is 6.96. The molecule has 0 saturated heterocycles. The van der Waals surface area contributed by atoms with Gasteiger partial charge in [0.05, 0.1) is 5.69 Å². The van der Waals surface area contributed by atoms with Crippen LogP contribution in [0.15, 0.2) is 23.2 Å². The molecule has 19 heavy (non-hydrogen) atoms. The van der Waals surface area contributed by atoms with Crippen molar-refractivity contribution in [1.29, 1.82) is 0 Å². The van der Waals surface area contributed by atoms with E-state index in [2.05, 4.69) is 65.3 Å². The maximum atomic E-state index is 4.80. The summed E-state index contributed by atoms with van der Waals surface area (Å²) < 4.78 is 0. The van der Waals surface area contributed by atoms with E-state index < -0.39 is 0 Å². The van der Waals surface area contributed by atoms with Gasteiger partial charge in [-0.05, 0) is 35.6 Å². The summed E-state index contributed by atoms with van der Waals surface area (Å²) in [7, 11) is 0. The average molecular weight is 277 g/mol. The fraction of sp³-hybridized carbons (Fsp3) is 0.588. The topological polar surface area (TPSA) is 12.4 Å². The van der Waals surface area contributed by atoms with Gasteiger partial charge in [-0.25, -0.2) is 0 Å². The van der Waals surface area contributed by atoms with E-state index in [9.17, 15) is 0 Å². The number of thioether (sulfide) groups is 1. The highest BCUT2D eigenvalue weighted by Crippen LogP contribution is 2.34. The van der Waals surface area contributed by atoms with Crippen LogP contribution in [0, 0.1) is 0 Å². The van der Waals surface area contributed by atoms with Gasteiger partial charge in [0.1, 0.15) is 0 Å². The van der Waals surface area contributed by atoms with Gasteiger partial charge in [-0.3, -0.25) is 4.99 Å². The molecular formula is C17H27NS. The lowest BCUT2D eigenvalue weighted by atomic mass is 9.93. The van der Waals surface area contributed by atoms with E-state index in [1.54, 1.807) is 0 Å². The van der Waals surface area contributed by atoms with E-state index in [1.807, 2.05) is 11.8 Å². The summed E-state index contributed by atoms with van der Waals surface area (Å²) in [6.45, 7) is 11.2. The van der Waals surface area contributed by atoms with Crippen molar-refractivity contribution >= 4 is 23.7 Å². The van der Waals surface area contributed by atoms with E-state index in [1.165, 1.54) is 16.8 Å². The van der Waals surface area contributed by atoms with Gasteiger partial charge in [-0.1, -0.05) is 52.8 Å². The molecule has 2 heteroatoms. The number of benzene rings is 1. The fourth-order valence-electron chi connectivity index (χ4n) is 2.05. The third kappa shape index (κ3) is 4.68. The first-order valence-electron chi connectivity index (χ1n) is 7.15. The van der Waals surface area contributed by atoms with Crippen molar-refractivity contribution in [3.63, 3.8) is 0 Å². The van der Waals surface area contributed by atoms with Crippen LogP contribution < -0.4 is 0 Å². The smallest absolute Gasteiger partial charge is 0.0694 e. The lowest BCUT2D eigenvalue weighted by molar-refractivity contribution is 0.834. The molecule has 0 aliphatic heterocycles. The van der Waals surface area contributed by atoms with Crippen molar-refractivity contribution < 1.29 is 0 Å². The lowest BCUT2D eigenvalue weighted by Gasteiger charge is -2.16. The van der Waals surface area contributed by atoms with Gasteiger partial charge in [-0.15, -0.1) is 0 Å². The molecule has 0 aromatic heterocycles. The third-order valence-electron chi connectivity index (χ3n) is 3.40. The molecule has 0 heterocycles. The maximum absolute atomic E-state index is 4.80. The van der Waals surface area contributed by atoms with E-state index in [0.717, 1.165) is 6.42 Å². The van der Waals surface area contributed by atoms with Crippen molar-refractivity contribution in [1.82, 2.24) is 0 Å². The maximum Gasteiger partial charge on any atom is 0.0694 e. The van der Waals surface area contributed by atoms with Crippen LogP contribution in [0.1, 0.15) is 64.0 Å². The fourth-order valence-corrected chi connectivity index (χ4v) is 2.33. The SMILES string of the molecule is CSC(C)CC=Nc1c(C(C)C)cccc1C(C)C. The van der Waals surface area contributed by atoms with Crippen molar-refractivity contribution in [3.05, 3.63) is 29.3 Å². The molecule has 1 unspecified atom stereocenters. The molecule has 0 aliphatic carbocycles. The molecule has 0 N–H and O–H groups in total. The Morgan fingerprint density at radius 2 is 1.58 bits per heavy atom. The highest BCUT2D eigenvalue weighted by Gasteiger charge is 2.12. The summed E-state index contributed by atoms with van der Waals surface area (Å²) in [4.78, 5) is 4.80. The molecule has 1 atom stereocenters. The molecule has 0 saturated carbocycles. The Bertz CT molecular complexity index is 395. The van der Waals surface area contributed by atoms with Crippen LogP contribution in [0.3, 0.4) is 0 Å². The second kappa shape index (κ2) is 7.74. The molecule has 0 radical (unpaired) electrons. The van der Waals surface area contributed by atoms with Gasteiger partial charge in [0.15, 0.2) is 0 Å². The second-order valence-electron chi connectivity index (χ2n) is 5.69. The molecule has 0 bridgehead atoms. The Morgan fingerprint density at radius 1 is 1.05 bits per heavy atom. The third-order valence-corrected chi connectivity index (χ3v) is 4.40. The number of hydrogen-bond acceptors (Lipinski definition) is 2. The molecule has 1 aromatic rings. The normalized spacial score (nSPS) is 13.7. The van der Waals surface area contributed by atoms with Crippen LogP contribution in [0.25, 0.3) is 0 Å². The molecule has 1 rings (SSSR count). The molecule has 1 nitrogen and oxygen atoms in total. The summed E-state index contributed by atoms with van der Waals surface area (Å²) >= 11 is 1.89. The minimum Gasteiger partial charge on any atom is -0.261 e. The molecule has 0 spiro atoms. The molecule has 106 valence electrons. The zero-order chi connectivity index (χ0) is 14.4. The number of rotatable bonds is 6. The van der Waals surface area contributed by atoms with Crippen LogP contribution in [-0.4, -0.2) is 17.7 Å².